The lowest BCUT2D eigenvalue weighted by Crippen LogP contribution is -1.76. The Balaban J connectivity index is 0. The van der Waals surface area contributed by atoms with Gasteiger partial charge in [0.15, 0.2) is 0 Å². The molecule has 0 rings (SSSR count). The average molecular weight is 219 g/mol. The van der Waals surface area contributed by atoms with Crippen LogP contribution in [-0.4, -0.2) is 27.4 Å². The Bertz CT molecular complexity index is 163. The van der Waals surface area contributed by atoms with Gasteiger partial charge in [0.1, 0.15) is 6.61 Å². The molecule has 74 valence electrons. The van der Waals surface area contributed by atoms with Gasteiger partial charge >= 0.3 is 15.9 Å². The third-order valence-corrected chi connectivity index (χ3v) is 1.95. The van der Waals surface area contributed by atoms with Crippen molar-refractivity contribution >= 4 is 15.9 Å². The van der Waals surface area contributed by atoms with Crippen molar-refractivity contribution in [2.24, 2.45) is 0 Å². The first-order chi connectivity index (χ1) is 5.33. The molecule has 12 heavy (non-hydrogen) atoms. The van der Waals surface area contributed by atoms with Crippen molar-refractivity contribution in [2.75, 3.05) is 12.8 Å². The van der Waals surface area contributed by atoms with Crippen molar-refractivity contribution in [1.29, 1.82) is 0 Å². The second kappa shape index (κ2) is 7.80. The van der Waals surface area contributed by atoms with E-state index in [4.69, 9.17) is 14.7 Å². The van der Waals surface area contributed by atoms with Gasteiger partial charge in [0.05, 0.1) is 0 Å². The van der Waals surface area contributed by atoms with Crippen LogP contribution in [0.1, 0.15) is 13.8 Å². The highest BCUT2D eigenvalue weighted by Gasteiger charge is 2.06. The van der Waals surface area contributed by atoms with E-state index in [1.807, 2.05) is 0 Å². The zero-order valence-corrected chi connectivity index (χ0v) is 8.66. The molecule has 0 aliphatic carbocycles. The third kappa shape index (κ3) is 22.5. The second-order valence-electron chi connectivity index (χ2n) is 1.64. The van der Waals surface area contributed by atoms with E-state index in [0.717, 1.165) is 0 Å². The van der Waals surface area contributed by atoms with Crippen LogP contribution in [0.25, 0.3) is 0 Å². The molecule has 0 aromatic heterocycles. The maximum absolute atomic E-state index is 9.69. The number of hydrogen-bond donors (Lipinski definition) is 3. The Morgan fingerprint density at radius 2 is 1.75 bits per heavy atom. The van der Waals surface area contributed by atoms with Gasteiger partial charge in [0, 0.05) is 10.7 Å². The van der Waals surface area contributed by atoms with Gasteiger partial charge in [-0.2, -0.15) is 0 Å². The van der Waals surface area contributed by atoms with E-state index in [1.54, 1.807) is 6.92 Å². The smallest absolute Gasteiger partial charge is 0.324 e. The first-order valence-corrected chi connectivity index (χ1v) is 6.09. The molecule has 6 nitrogen and oxygen atoms in total. The Labute approximate surface area is 71.7 Å². The lowest BCUT2D eigenvalue weighted by atomic mass is 10.9. The van der Waals surface area contributed by atoms with Crippen LogP contribution in [0.2, 0.25) is 0 Å². The largest absolute Gasteiger partial charge is 0.694 e. The van der Waals surface area contributed by atoms with E-state index in [0.29, 0.717) is 6.61 Å². The molecule has 0 saturated heterocycles. The summed E-state index contributed by atoms with van der Waals surface area (Å²) in [6.45, 7) is 3.40. The predicted octanol–water partition coefficient (Wildman–Crippen LogP) is 0.857. The van der Waals surface area contributed by atoms with Crippen LogP contribution in [0, 0.1) is 0 Å². The average Bonchev–Trinajstić information content (AvgIpc) is 1.87. The molecule has 3 N–H and O–H groups in total. The van der Waals surface area contributed by atoms with Crippen LogP contribution in [0.4, 0.5) is 0 Å². The molecular formula is C4H13O6P2+. The van der Waals surface area contributed by atoms with Crippen molar-refractivity contribution in [3.05, 3.63) is 0 Å². The van der Waals surface area contributed by atoms with Gasteiger partial charge < -0.3 is 9.79 Å². The van der Waals surface area contributed by atoms with E-state index < -0.39 is 15.9 Å². The summed E-state index contributed by atoms with van der Waals surface area (Å²) < 4.78 is 23.3. The summed E-state index contributed by atoms with van der Waals surface area (Å²) in [5, 5.41) is 0. The van der Waals surface area contributed by atoms with Gasteiger partial charge in [0.2, 0.25) is 0 Å². The van der Waals surface area contributed by atoms with Crippen molar-refractivity contribution in [2.45, 2.75) is 13.8 Å². The Kier molecular flexibility index (Phi) is 9.54. The normalized spacial score (nSPS) is 11.6. The van der Waals surface area contributed by atoms with Crippen LogP contribution in [-0.2, 0) is 13.7 Å². The summed E-state index contributed by atoms with van der Waals surface area (Å²) in [4.78, 5) is 23.7. The van der Waals surface area contributed by atoms with E-state index >= 15 is 0 Å². The van der Waals surface area contributed by atoms with Crippen molar-refractivity contribution in [3.63, 3.8) is 0 Å². The van der Waals surface area contributed by atoms with Crippen LogP contribution >= 0.6 is 15.9 Å². The quantitative estimate of drug-likeness (QED) is 0.608. The summed E-state index contributed by atoms with van der Waals surface area (Å²) in [6.07, 6.45) is -0.0625. The van der Waals surface area contributed by atoms with Gasteiger partial charge in [-0.05, 0) is 6.92 Å². The highest BCUT2D eigenvalue weighted by atomic mass is 31.2. The van der Waals surface area contributed by atoms with Gasteiger partial charge in [-0.1, -0.05) is 6.92 Å². The third-order valence-electron chi connectivity index (χ3n) is 0.651. The van der Waals surface area contributed by atoms with E-state index in [1.165, 1.54) is 6.92 Å². The minimum absolute atomic E-state index is 0.0625. The zero-order valence-electron chi connectivity index (χ0n) is 6.88. The minimum Gasteiger partial charge on any atom is -0.324 e. The predicted molar refractivity (Wildman–Crippen MR) is 44.0 cm³/mol. The molecule has 0 radical (unpaired) electrons. The zero-order chi connectivity index (χ0) is 10.2. The lowest BCUT2D eigenvalue weighted by molar-refractivity contribution is 0.297. The van der Waals surface area contributed by atoms with Crippen LogP contribution in [0.15, 0.2) is 0 Å². The molecule has 0 aromatic rings. The Morgan fingerprint density at radius 3 is 1.75 bits per heavy atom. The highest BCUT2D eigenvalue weighted by molar-refractivity contribution is 7.51. The fraction of sp³-hybridized carbons (Fsp3) is 1.00. The van der Waals surface area contributed by atoms with E-state index in [-0.39, 0.29) is 6.16 Å². The van der Waals surface area contributed by atoms with Crippen molar-refractivity contribution < 1.29 is 28.3 Å². The first-order valence-electron chi connectivity index (χ1n) is 3.17. The standard InChI is InChI=1S/C2H7O3P.C2H5O3P/c1-2-6(3,4)5;1-2-5-6(3)4/h2H2,1H3,(H2,3,4,5);2H2,1H3/p+1. The second-order valence-corrected chi connectivity index (χ2v) is 4.33. The van der Waals surface area contributed by atoms with Crippen molar-refractivity contribution in [1.82, 2.24) is 0 Å². The molecule has 0 heterocycles. The molecule has 1 atom stereocenters. The highest BCUT2D eigenvalue weighted by Crippen LogP contribution is 2.32. The molecule has 0 aliphatic heterocycles. The molecule has 1 unspecified atom stereocenters. The molecule has 0 fully saturated rings. The van der Waals surface area contributed by atoms with Crippen LogP contribution in [0.5, 0.6) is 0 Å². The van der Waals surface area contributed by atoms with Gasteiger partial charge in [0.25, 0.3) is 0 Å². The summed E-state index contributed by atoms with van der Waals surface area (Å²) in [5.74, 6) is 0. The molecule has 0 saturated carbocycles. The summed E-state index contributed by atoms with van der Waals surface area (Å²) in [6, 6.07) is 0. The van der Waals surface area contributed by atoms with Gasteiger partial charge in [-0.25, -0.2) is 0 Å². The topological polar surface area (TPSA) is 104 Å². The molecule has 0 aliphatic rings. The molecular weight excluding hydrogens is 206 g/mol. The maximum Gasteiger partial charge on any atom is 0.694 e. The van der Waals surface area contributed by atoms with Crippen LogP contribution in [0.3, 0.4) is 0 Å². The van der Waals surface area contributed by atoms with E-state index in [9.17, 15) is 9.13 Å². The molecule has 8 heteroatoms. The van der Waals surface area contributed by atoms with Gasteiger partial charge in [-0.15, -0.1) is 9.42 Å². The SMILES string of the molecule is CCO[P+](=O)O.CCP(=O)(O)O. The molecule has 0 bridgehead atoms. The monoisotopic (exact) mass is 219 g/mol. The lowest BCUT2D eigenvalue weighted by Gasteiger charge is -1.92. The molecule has 0 spiro atoms. The minimum atomic E-state index is -3.65. The maximum atomic E-state index is 9.69. The van der Waals surface area contributed by atoms with E-state index in [2.05, 4.69) is 4.52 Å². The molecule has 0 amide bonds. The first kappa shape index (κ1) is 14.7. The summed E-state index contributed by atoms with van der Waals surface area (Å²) in [7, 11) is -6.00. The Morgan fingerprint density at radius 1 is 1.42 bits per heavy atom. The fourth-order valence-corrected chi connectivity index (χ4v) is 0.331. The summed E-state index contributed by atoms with van der Waals surface area (Å²) in [5.41, 5.74) is 0. The van der Waals surface area contributed by atoms with Gasteiger partial charge in [-0.3, -0.25) is 4.57 Å². The van der Waals surface area contributed by atoms with Crippen molar-refractivity contribution in [3.8, 4) is 0 Å². The Hall–Kier alpha value is 0.170. The fourth-order valence-electron chi connectivity index (χ4n) is 0.110. The van der Waals surface area contributed by atoms with Crippen LogP contribution < -0.4 is 0 Å². The number of rotatable bonds is 3. The summed E-state index contributed by atoms with van der Waals surface area (Å²) >= 11 is 0. The molecule has 0 aromatic carbocycles. The number of hydrogen-bond acceptors (Lipinski definition) is 3.